The van der Waals surface area contributed by atoms with E-state index in [2.05, 4.69) is 15.4 Å². The summed E-state index contributed by atoms with van der Waals surface area (Å²) in [7, 11) is 0. The summed E-state index contributed by atoms with van der Waals surface area (Å²) in [6.45, 7) is -1.41. The molecule has 3 heterocycles. The number of carbonyl (C=O) groups is 2. The third-order valence-corrected chi connectivity index (χ3v) is 6.48. The number of alkyl halides is 3. The van der Waals surface area contributed by atoms with Crippen LogP contribution in [0.4, 0.5) is 23.4 Å². The van der Waals surface area contributed by atoms with Gasteiger partial charge in [-0.05, 0) is 37.1 Å². The molecule has 0 atom stereocenters. The van der Waals surface area contributed by atoms with Crippen LogP contribution >= 0.6 is 24.0 Å². The van der Waals surface area contributed by atoms with Crippen LogP contribution < -0.4 is 10.6 Å². The number of rotatable bonds is 7. The summed E-state index contributed by atoms with van der Waals surface area (Å²) in [4.78, 5) is 30.9. The number of hydrogen-bond acceptors (Lipinski definition) is 5. The molecule has 37 heavy (non-hydrogen) atoms. The zero-order valence-corrected chi connectivity index (χ0v) is 20.8. The van der Waals surface area contributed by atoms with Crippen molar-refractivity contribution in [3.8, 4) is 0 Å². The summed E-state index contributed by atoms with van der Waals surface area (Å²) in [5.74, 6) is -1.44. The molecule has 2 fully saturated rings. The Morgan fingerprint density at radius 2 is 1.89 bits per heavy atom. The molecule has 2 amide bonds. The van der Waals surface area contributed by atoms with Crippen molar-refractivity contribution in [2.75, 3.05) is 25.0 Å². The average Bonchev–Trinajstić information content (AvgIpc) is 3.54. The van der Waals surface area contributed by atoms with E-state index < -0.39 is 31.0 Å². The monoisotopic (exact) mass is 560 g/mol. The van der Waals surface area contributed by atoms with Gasteiger partial charge in [0, 0.05) is 42.2 Å². The molecule has 0 spiro atoms. The largest absolute Gasteiger partial charge is 0.405 e. The summed E-state index contributed by atoms with van der Waals surface area (Å²) in [6.07, 6.45) is -0.843. The van der Waals surface area contributed by atoms with Crippen LogP contribution in [0.5, 0.6) is 0 Å². The lowest BCUT2D eigenvalue weighted by molar-refractivity contribution is -0.138. The molecule has 3 aromatic rings. The molecule has 2 aromatic heterocycles. The highest BCUT2D eigenvalue weighted by Gasteiger charge is 2.36. The Balaban J connectivity index is 0.00000320. The third-order valence-electron chi connectivity index (χ3n) is 6.11. The van der Waals surface area contributed by atoms with Crippen molar-refractivity contribution in [1.29, 1.82) is 0 Å². The minimum atomic E-state index is -4.55. The minimum absolute atomic E-state index is 0. The van der Waals surface area contributed by atoms with Gasteiger partial charge in [-0.3, -0.25) is 14.3 Å². The molecule has 1 aliphatic carbocycles. The van der Waals surface area contributed by atoms with E-state index in [4.69, 9.17) is 11.6 Å². The number of nitrogens with zero attached hydrogens (tertiary/aromatic N) is 4. The number of amides is 2. The zero-order chi connectivity index (χ0) is 25.6. The minimum Gasteiger partial charge on any atom is -0.367 e. The van der Waals surface area contributed by atoms with Crippen LogP contribution in [0, 0.1) is 5.82 Å². The van der Waals surface area contributed by atoms with Gasteiger partial charge in [0.2, 0.25) is 5.91 Å². The van der Waals surface area contributed by atoms with E-state index in [1.807, 2.05) is 0 Å². The first-order valence-electron chi connectivity index (χ1n) is 11.3. The van der Waals surface area contributed by atoms with Gasteiger partial charge >= 0.3 is 6.18 Å². The van der Waals surface area contributed by atoms with Gasteiger partial charge in [-0.2, -0.15) is 18.3 Å². The average molecular weight is 561 g/mol. The first-order valence-corrected chi connectivity index (χ1v) is 11.7. The predicted molar refractivity (Wildman–Crippen MR) is 131 cm³/mol. The van der Waals surface area contributed by atoms with E-state index in [0.29, 0.717) is 28.6 Å². The number of aromatic nitrogens is 3. The second-order valence-electron chi connectivity index (χ2n) is 8.95. The maximum atomic E-state index is 14.2. The van der Waals surface area contributed by atoms with Crippen molar-refractivity contribution in [3.63, 3.8) is 0 Å². The second kappa shape index (κ2) is 10.3. The highest BCUT2D eigenvalue weighted by molar-refractivity contribution is 6.35. The lowest BCUT2D eigenvalue weighted by Gasteiger charge is -2.38. The Morgan fingerprint density at radius 1 is 1.16 bits per heavy atom. The number of benzene rings is 1. The van der Waals surface area contributed by atoms with E-state index >= 15 is 0 Å². The Bertz CT molecular complexity index is 1340. The van der Waals surface area contributed by atoms with Crippen molar-refractivity contribution in [1.82, 2.24) is 25.0 Å². The van der Waals surface area contributed by atoms with Gasteiger partial charge in [0.25, 0.3) is 5.91 Å². The first-order chi connectivity index (χ1) is 17.1. The van der Waals surface area contributed by atoms with Gasteiger partial charge < -0.3 is 15.5 Å². The molecule has 1 aliphatic heterocycles. The van der Waals surface area contributed by atoms with E-state index in [1.165, 1.54) is 10.7 Å². The van der Waals surface area contributed by atoms with Crippen molar-refractivity contribution in [3.05, 3.63) is 52.6 Å². The topological polar surface area (TPSA) is 92.2 Å². The SMILES string of the molecule is Cl.O=C(Cn1nc(C2CN(C(=O)c3ccnc(NC4CC4)c3)C2)c2c(Cl)c(F)ccc21)NCC(F)(F)F. The van der Waals surface area contributed by atoms with Gasteiger partial charge in [-0.15, -0.1) is 12.4 Å². The first kappa shape index (κ1) is 26.9. The van der Waals surface area contributed by atoms with Crippen LogP contribution in [0.1, 0.15) is 34.8 Å². The number of anilines is 1. The lowest BCUT2D eigenvalue weighted by Crippen LogP contribution is -2.48. The number of hydrogen-bond donors (Lipinski definition) is 2. The van der Waals surface area contributed by atoms with Crippen LogP contribution in [-0.4, -0.2) is 63.3 Å². The van der Waals surface area contributed by atoms with Crippen LogP contribution in [0.3, 0.4) is 0 Å². The molecule has 2 aliphatic rings. The van der Waals surface area contributed by atoms with Crippen LogP contribution in [0.2, 0.25) is 5.02 Å². The Morgan fingerprint density at radius 3 is 2.57 bits per heavy atom. The fourth-order valence-corrected chi connectivity index (χ4v) is 4.37. The molecule has 0 bridgehead atoms. The molecule has 198 valence electrons. The van der Waals surface area contributed by atoms with Crippen LogP contribution in [0.15, 0.2) is 30.5 Å². The summed E-state index contributed by atoms with van der Waals surface area (Å²) in [6, 6.07) is 6.19. The molecule has 1 saturated carbocycles. The lowest BCUT2D eigenvalue weighted by atomic mass is 9.93. The molecule has 1 aromatic carbocycles. The maximum absolute atomic E-state index is 14.2. The molecule has 2 N–H and O–H groups in total. The fraction of sp³-hybridized carbons (Fsp3) is 0.391. The number of halogens is 6. The number of likely N-dealkylation sites (tertiary alicyclic amines) is 1. The summed E-state index contributed by atoms with van der Waals surface area (Å²) in [5.41, 5.74) is 1.17. The number of nitrogens with one attached hydrogen (secondary N) is 2. The summed E-state index contributed by atoms with van der Waals surface area (Å²) >= 11 is 6.21. The number of carbonyl (C=O) groups excluding carboxylic acids is 2. The second-order valence-corrected chi connectivity index (χ2v) is 9.32. The van der Waals surface area contributed by atoms with Gasteiger partial charge in [0.15, 0.2) is 0 Å². The van der Waals surface area contributed by atoms with Gasteiger partial charge in [-0.1, -0.05) is 11.6 Å². The van der Waals surface area contributed by atoms with Crippen molar-refractivity contribution >= 4 is 52.5 Å². The van der Waals surface area contributed by atoms with E-state index in [1.54, 1.807) is 28.5 Å². The summed E-state index contributed by atoms with van der Waals surface area (Å²) < 4.78 is 52.8. The molecule has 5 rings (SSSR count). The van der Waals surface area contributed by atoms with Crippen LogP contribution in [0.25, 0.3) is 10.9 Å². The summed E-state index contributed by atoms with van der Waals surface area (Å²) in [5, 5.41) is 9.50. The number of pyridine rings is 1. The van der Waals surface area contributed by atoms with Gasteiger partial charge in [-0.25, -0.2) is 9.37 Å². The molecule has 0 radical (unpaired) electrons. The maximum Gasteiger partial charge on any atom is 0.405 e. The molecular weight excluding hydrogens is 539 g/mol. The van der Waals surface area contributed by atoms with E-state index in [-0.39, 0.29) is 47.7 Å². The van der Waals surface area contributed by atoms with Crippen molar-refractivity contribution < 1.29 is 27.2 Å². The highest BCUT2D eigenvalue weighted by atomic mass is 35.5. The Kier molecular flexibility index (Phi) is 7.52. The van der Waals surface area contributed by atoms with E-state index in [9.17, 15) is 27.2 Å². The van der Waals surface area contributed by atoms with Crippen molar-refractivity contribution in [2.24, 2.45) is 0 Å². The van der Waals surface area contributed by atoms with Gasteiger partial charge in [0.05, 0.1) is 16.2 Å². The Hall–Kier alpha value is -3.12. The van der Waals surface area contributed by atoms with Crippen molar-refractivity contribution in [2.45, 2.75) is 37.5 Å². The highest BCUT2D eigenvalue weighted by Crippen LogP contribution is 2.37. The molecule has 0 unspecified atom stereocenters. The quantitative estimate of drug-likeness (QED) is 0.424. The molecule has 8 nitrogen and oxygen atoms in total. The third kappa shape index (κ3) is 5.90. The molecular formula is C23H22Cl2F4N6O2. The molecule has 1 saturated heterocycles. The smallest absolute Gasteiger partial charge is 0.367 e. The van der Waals surface area contributed by atoms with Crippen LogP contribution in [-0.2, 0) is 11.3 Å². The number of fused-ring (bicyclic) bond motifs is 1. The zero-order valence-electron chi connectivity index (χ0n) is 19.2. The molecule has 14 heteroatoms. The van der Waals surface area contributed by atoms with Gasteiger partial charge in [0.1, 0.15) is 24.7 Å². The fourth-order valence-electron chi connectivity index (χ4n) is 4.11. The van der Waals surface area contributed by atoms with E-state index in [0.717, 1.165) is 18.9 Å². The standard InChI is InChI=1S/C23H21ClF4N6O2.ClH/c24-20-15(25)3-4-16-19(20)21(32-34(16)10-18(35)30-11-23(26,27)28)13-8-33(9-13)22(36)12-5-6-29-17(7-12)31-14-1-2-14;/h3-7,13-14H,1-2,8-11H2,(H,29,31)(H,30,35);1H. The normalized spacial score (nSPS) is 15.8. The Labute approximate surface area is 219 Å². The predicted octanol–water partition coefficient (Wildman–Crippen LogP) is 4.14.